The smallest absolute Gasteiger partial charge is 0.314 e. The van der Waals surface area contributed by atoms with E-state index in [2.05, 4.69) is 16.0 Å². The van der Waals surface area contributed by atoms with Crippen LogP contribution in [0.15, 0.2) is 18.2 Å². The minimum atomic E-state index is -0.216. The lowest BCUT2D eigenvalue weighted by Gasteiger charge is -2.10. The second kappa shape index (κ2) is 10.3. The number of urea groups is 1. The molecular formula is C15H23N3O4. The summed E-state index contributed by atoms with van der Waals surface area (Å²) < 4.78 is 10.4. The Morgan fingerprint density at radius 1 is 1.09 bits per heavy atom. The van der Waals surface area contributed by atoms with Gasteiger partial charge in [0.2, 0.25) is 6.41 Å². The number of ether oxygens (including phenoxy) is 2. The molecule has 0 unspecified atom stereocenters. The molecule has 0 aliphatic heterocycles. The number of nitrogens with one attached hydrogen (secondary N) is 3. The van der Waals surface area contributed by atoms with Crippen molar-refractivity contribution < 1.29 is 19.1 Å². The van der Waals surface area contributed by atoms with Gasteiger partial charge >= 0.3 is 6.03 Å². The number of methoxy groups -OCH3 is 2. The summed E-state index contributed by atoms with van der Waals surface area (Å²) in [4.78, 5) is 21.6. The molecule has 7 heteroatoms. The van der Waals surface area contributed by atoms with Crippen molar-refractivity contribution >= 4 is 12.4 Å². The molecule has 1 aromatic rings. The normalized spacial score (nSPS) is 9.73. The van der Waals surface area contributed by atoms with Crippen molar-refractivity contribution in [2.75, 3.05) is 33.9 Å². The molecule has 1 rings (SSSR count). The molecule has 0 aromatic heterocycles. The van der Waals surface area contributed by atoms with Crippen molar-refractivity contribution in [1.29, 1.82) is 0 Å². The molecule has 0 saturated carbocycles. The van der Waals surface area contributed by atoms with Crippen LogP contribution in [-0.2, 0) is 11.2 Å². The first kappa shape index (κ1) is 17.6. The first-order valence-corrected chi connectivity index (χ1v) is 7.11. The maximum absolute atomic E-state index is 11.5. The molecule has 3 N–H and O–H groups in total. The Hall–Kier alpha value is -2.44. The third-order valence-corrected chi connectivity index (χ3v) is 3.01. The average Bonchev–Trinajstić information content (AvgIpc) is 2.54. The highest BCUT2D eigenvalue weighted by Crippen LogP contribution is 2.27. The van der Waals surface area contributed by atoms with Crippen molar-refractivity contribution in [3.8, 4) is 11.5 Å². The summed E-state index contributed by atoms with van der Waals surface area (Å²) >= 11 is 0. The maximum atomic E-state index is 11.5. The lowest BCUT2D eigenvalue weighted by Crippen LogP contribution is -2.37. The third kappa shape index (κ3) is 6.34. The van der Waals surface area contributed by atoms with Crippen molar-refractivity contribution in [3.05, 3.63) is 23.8 Å². The molecule has 3 amide bonds. The molecule has 0 heterocycles. The van der Waals surface area contributed by atoms with Gasteiger partial charge in [-0.15, -0.1) is 0 Å². The fraction of sp³-hybridized carbons (Fsp3) is 0.467. The Morgan fingerprint density at radius 2 is 1.82 bits per heavy atom. The van der Waals surface area contributed by atoms with Gasteiger partial charge in [0, 0.05) is 19.6 Å². The van der Waals surface area contributed by atoms with Gasteiger partial charge in [-0.25, -0.2) is 4.79 Å². The number of carbonyl (C=O) groups is 2. The van der Waals surface area contributed by atoms with Crippen molar-refractivity contribution in [1.82, 2.24) is 16.0 Å². The highest BCUT2D eigenvalue weighted by molar-refractivity contribution is 5.73. The monoisotopic (exact) mass is 309 g/mol. The molecule has 0 fully saturated rings. The Morgan fingerprint density at radius 3 is 2.50 bits per heavy atom. The number of hydrogen-bond donors (Lipinski definition) is 3. The molecule has 22 heavy (non-hydrogen) atoms. The highest BCUT2D eigenvalue weighted by atomic mass is 16.5. The lowest BCUT2D eigenvalue weighted by molar-refractivity contribution is -0.109. The van der Waals surface area contributed by atoms with E-state index < -0.39 is 0 Å². The topological polar surface area (TPSA) is 88.7 Å². The van der Waals surface area contributed by atoms with E-state index >= 15 is 0 Å². The summed E-state index contributed by atoms with van der Waals surface area (Å²) in [6, 6.07) is 5.45. The van der Waals surface area contributed by atoms with E-state index in [-0.39, 0.29) is 6.03 Å². The van der Waals surface area contributed by atoms with Gasteiger partial charge < -0.3 is 25.4 Å². The fourth-order valence-electron chi connectivity index (χ4n) is 1.87. The molecular weight excluding hydrogens is 286 g/mol. The zero-order chi connectivity index (χ0) is 16.2. The molecule has 7 nitrogen and oxygen atoms in total. The predicted octanol–water partition coefficient (Wildman–Crippen LogP) is 0.682. The summed E-state index contributed by atoms with van der Waals surface area (Å²) in [5.74, 6) is 1.35. The van der Waals surface area contributed by atoms with Crippen LogP contribution in [0.2, 0.25) is 0 Å². The van der Waals surface area contributed by atoms with Gasteiger partial charge in [-0.3, -0.25) is 4.79 Å². The number of rotatable bonds is 10. The molecule has 0 atom stereocenters. The maximum Gasteiger partial charge on any atom is 0.314 e. The van der Waals surface area contributed by atoms with Gasteiger partial charge in [-0.05, 0) is 30.5 Å². The minimum Gasteiger partial charge on any atom is -0.493 e. The van der Waals surface area contributed by atoms with E-state index in [1.807, 2.05) is 18.2 Å². The fourth-order valence-corrected chi connectivity index (χ4v) is 1.87. The van der Waals surface area contributed by atoms with Gasteiger partial charge in [0.05, 0.1) is 14.2 Å². The Labute approximate surface area is 130 Å². The molecule has 0 saturated heterocycles. The van der Waals surface area contributed by atoms with Crippen LogP contribution >= 0.6 is 0 Å². The summed E-state index contributed by atoms with van der Waals surface area (Å²) in [6.45, 7) is 1.59. The van der Waals surface area contributed by atoms with Crippen LogP contribution in [0.5, 0.6) is 11.5 Å². The highest BCUT2D eigenvalue weighted by Gasteiger charge is 2.05. The van der Waals surface area contributed by atoms with Crippen LogP contribution in [0.1, 0.15) is 12.0 Å². The summed E-state index contributed by atoms with van der Waals surface area (Å²) in [7, 11) is 3.18. The van der Waals surface area contributed by atoms with E-state index in [0.717, 1.165) is 5.56 Å². The van der Waals surface area contributed by atoms with Crippen molar-refractivity contribution in [2.24, 2.45) is 0 Å². The van der Waals surface area contributed by atoms with Crippen LogP contribution in [-0.4, -0.2) is 46.3 Å². The number of amides is 3. The Kier molecular flexibility index (Phi) is 8.25. The molecule has 0 aliphatic carbocycles. The van der Waals surface area contributed by atoms with Crippen LogP contribution in [0.25, 0.3) is 0 Å². The van der Waals surface area contributed by atoms with Crippen molar-refractivity contribution in [2.45, 2.75) is 12.8 Å². The molecule has 0 spiro atoms. The average molecular weight is 309 g/mol. The Bertz CT molecular complexity index is 480. The van der Waals surface area contributed by atoms with Gasteiger partial charge in [-0.1, -0.05) is 6.07 Å². The van der Waals surface area contributed by atoms with Crippen LogP contribution in [0.4, 0.5) is 4.79 Å². The minimum absolute atomic E-state index is 0.216. The molecule has 0 radical (unpaired) electrons. The molecule has 1 aromatic carbocycles. The van der Waals surface area contributed by atoms with Crippen LogP contribution < -0.4 is 25.4 Å². The second-order valence-corrected chi connectivity index (χ2v) is 4.55. The SMILES string of the molecule is COc1ccc(CCNC(=O)NCCCNC=O)cc1OC. The quantitative estimate of drug-likeness (QED) is 0.438. The standard InChI is InChI=1S/C15H23N3O4/c1-21-13-5-4-12(10-14(13)22-2)6-9-18-15(20)17-8-3-7-16-11-19/h4-5,10-11H,3,6-9H2,1-2H3,(H,16,19)(H2,17,18,20). The van der Waals surface area contributed by atoms with Gasteiger partial charge in [0.15, 0.2) is 11.5 Å². The summed E-state index contributed by atoms with van der Waals surface area (Å²) in [6.07, 6.45) is 2.03. The van der Waals surface area contributed by atoms with E-state index in [4.69, 9.17) is 9.47 Å². The molecule has 0 aliphatic rings. The molecule has 0 bridgehead atoms. The number of benzene rings is 1. The lowest BCUT2D eigenvalue weighted by atomic mass is 10.1. The first-order valence-electron chi connectivity index (χ1n) is 7.11. The van der Waals surface area contributed by atoms with Gasteiger partial charge in [0.1, 0.15) is 0 Å². The van der Waals surface area contributed by atoms with Gasteiger partial charge in [0.25, 0.3) is 0 Å². The number of carbonyl (C=O) groups excluding carboxylic acids is 2. The van der Waals surface area contributed by atoms with E-state index in [0.29, 0.717) is 50.4 Å². The predicted molar refractivity (Wildman–Crippen MR) is 83.3 cm³/mol. The van der Waals surface area contributed by atoms with E-state index in [1.54, 1.807) is 14.2 Å². The number of hydrogen-bond acceptors (Lipinski definition) is 4. The van der Waals surface area contributed by atoms with Crippen LogP contribution in [0, 0.1) is 0 Å². The third-order valence-electron chi connectivity index (χ3n) is 3.01. The molecule has 122 valence electrons. The zero-order valence-electron chi connectivity index (χ0n) is 13.0. The van der Waals surface area contributed by atoms with Crippen molar-refractivity contribution in [3.63, 3.8) is 0 Å². The zero-order valence-corrected chi connectivity index (χ0v) is 13.0. The summed E-state index contributed by atoms with van der Waals surface area (Å²) in [5, 5.41) is 8.03. The first-order chi connectivity index (χ1) is 10.7. The van der Waals surface area contributed by atoms with E-state index in [9.17, 15) is 9.59 Å². The Balaban J connectivity index is 2.26. The summed E-state index contributed by atoms with van der Waals surface area (Å²) in [5.41, 5.74) is 1.05. The van der Waals surface area contributed by atoms with E-state index in [1.165, 1.54) is 0 Å². The van der Waals surface area contributed by atoms with Gasteiger partial charge in [-0.2, -0.15) is 0 Å². The largest absolute Gasteiger partial charge is 0.493 e. The second-order valence-electron chi connectivity index (χ2n) is 4.55. The van der Waals surface area contributed by atoms with Crippen LogP contribution in [0.3, 0.4) is 0 Å².